The molecule has 1 aromatic carbocycles. The van der Waals surface area contributed by atoms with Gasteiger partial charge in [0.25, 0.3) is 0 Å². The number of fused-ring (bicyclic) bond motifs is 1. The molecule has 0 fully saturated rings. The van der Waals surface area contributed by atoms with Gasteiger partial charge in [0.2, 0.25) is 5.91 Å². The molecule has 3 rings (SSSR count). The zero-order valence-corrected chi connectivity index (χ0v) is 11.9. The summed E-state index contributed by atoms with van der Waals surface area (Å²) < 4.78 is 7.70. The summed E-state index contributed by atoms with van der Waals surface area (Å²) in [5, 5.41) is 0. The van der Waals surface area contributed by atoms with E-state index in [1.54, 1.807) is 6.20 Å². The third-order valence-corrected chi connectivity index (χ3v) is 3.64. The highest BCUT2D eigenvalue weighted by molar-refractivity contribution is 5.76. The predicted octanol–water partition coefficient (Wildman–Crippen LogP) is 2.08. The largest absolute Gasteiger partial charge is 0.494 e. The standard InChI is InChI=1S/C16H19N3O2/c20-16(7-4-12-21-14-5-2-1-3-6-14)19-11-10-18-9-8-17-15(18)13-19/h1-3,5-6,8-9H,4,7,10-13H2. The van der Waals surface area contributed by atoms with Crippen molar-refractivity contribution in [1.29, 1.82) is 0 Å². The van der Waals surface area contributed by atoms with Crippen LogP contribution in [-0.4, -0.2) is 33.5 Å². The lowest BCUT2D eigenvalue weighted by Gasteiger charge is -2.27. The number of hydrogen-bond donors (Lipinski definition) is 0. The summed E-state index contributed by atoms with van der Waals surface area (Å²) in [6, 6.07) is 9.68. The van der Waals surface area contributed by atoms with Crippen LogP contribution in [0.1, 0.15) is 18.7 Å². The summed E-state index contributed by atoms with van der Waals surface area (Å²) in [5.74, 6) is 2.00. The molecule has 0 atom stereocenters. The van der Waals surface area contributed by atoms with Crippen LogP contribution in [0.2, 0.25) is 0 Å². The third-order valence-electron chi connectivity index (χ3n) is 3.64. The fourth-order valence-corrected chi connectivity index (χ4v) is 2.47. The SMILES string of the molecule is O=C(CCCOc1ccccc1)N1CCn2ccnc2C1. The fourth-order valence-electron chi connectivity index (χ4n) is 2.47. The Hall–Kier alpha value is -2.30. The Kier molecular flexibility index (Phi) is 4.19. The Labute approximate surface area is 124 Å². The van der Waals surface area contributed by atoms with Gasteiger partial charge in [-0.05, 0) is 18.6 Å². The zero-order valence-electron chi connectivity index (χ0n) is 11.9. The molecule has 2 aromatic rings. The number of para-hydroxylation sites is 1. The first-order chi connectivity index (χ1) is 10.3. The summed E-state index contributed by atoms with van der Waals surface area (Å²) in [6.45, 7) is 2.78. The topological polar surface area (TPSA) is 47.4 Å². The van der Waals surface area contributed by atoms with Crippen LogP contribution in [0.4, 0.5) is 0 Å². The molecule has 5 heteroatoms. The van der Waals surface area contributed by atoms with E-state index in [1.807, 2.05) is 41.4 Å². The van der Waals surface area contributed by atoms with Gasteiger partial charge in [-0.1, -0.05) is 18.2 Å². The Bertz CT molecular complexity index is 595. The molecule has 0 unspecified atom stereocenters. The maximum absolute atomic E-state index is 12.2. The van der Waals surface area contributed by atoms with Gasteiger partial charge in [0.05, 0.1) is 13.2 Å². The summed E-state index contributed by atoms with van der Waals surface area (Å²) >= 11 is 0. The van der Waals surface area contributed by atoms with Crippen molar-refractivity contribution in [2.75, 3.05) is 13.2 Å². The molecule has 1 aromatic heterocycles. The molecule has 0 N–H and O–H groups in total. The van der Waals surface area contributed by atoms with E-state index in [1.165, 1.54) is 0 Å². The summed E-state index contributed by atoms with van der Waals surface area (Å²) in [5.41, 5.74) is 0. The van der Waals surface area contributed by atoms with E-state index in [0.29, 0.717) is 19.6 Å². The lowest BCUT2D eigenvalue weighted by molar-refractivity contribution is -0.132. The predicted molar refractivity (Wildman–Crippen MR) is 78.8 cm³/mol. The van der Waals surface area contributed by atoms with Gasteiger partial charge < -0.3 is 14.2 Å². The van der Waals surface area contributed by atoms with Crippen molar-refractivity contribution >= 4 is 5.91 Å². The highest BCUT2D eigenvalue weighted by Crippen LogP contribution is 2.13. The van der Waals surface area contributed by atoms with E-state index in [-0.39, 0.29) is 5.91 Å². The van der Waals surface area contributed by atoms with Crippen LogP contribution in [0.3, 0.4) is 0 Å². The van der Waals surface area contributed by atoms with Crippen molar-refractivity contribution < 1.29 is 9.53 Å². The zero-order chi connectivity index (χ0) is 14.5. The van der Waals surface area contributed by atoms with Crippen molar-refractivity contribution in [3.8, 4) is 5.75 Å². The lowest BCUT2D eigenvalue weighted by Crippen LogP contribution is -2.38. The quantitative estimate of drug-likeness (QED) is 0.790. The van der Waals surface area contributed by atoms with E-state index in [4.69, 9.17) is 4.74 Å². The molecule has 2 heterocycles. The lowest BCUT2D eigenvalue weighted by atomic mass is 10.2. The van der Waals surface area contributed by atoms with Gasteiger partial charge in [-0.2, -0.15) is 0 Å². The molecule has 5 nitrogen and oxygen atoms in total. The normalized spacial score (nSPS) is 13.8. The Balaban J connectivity index is 1.41. The average Bonchev–Trinajstić information content (AvgIpc) is 3.00. The highest BCUT2D eigenvalue weighted by Gasteiger charge is 2.20. The molecular formula is C16H19N3O2. The molecule has 0 aliphatic carbocycles. The van der Waals surface area contributed by atoms with Gasteiger partial charge >= 0.3 is 0 Å². The number of ether oxygens (including phenoxy) is 1. The number of benzene rings is 1. The molecule has 1 aliphatic heterocycles. The highest BCUT2D eigenvalue weighted by atomic mass is 16.5. The number of aromatic nitrogens is 2. The summed E-state index contributed by atoms with van der Waals surface area (Å²) in [6.07, 6.45) is 5.01. The first-order valence-electron chi connectivity index (χ1n) is 7.28. The van der Waals surface area contributed by atoms with Crippen LogP contribution in [0.25, 0.3) is 0 Å². The van der Waals surface area contributed by atoms with Gasteiger partial charge in [-0.3, -0.25) is 4.79 Å². The molecule has 21 heavy (non-hydrogen) atoms. The Morgan fingerprint density at radius 2 is 2.10 bits per heavy atom. The molecule has 0 spiro atoms. The molecule has 0 saturated heterocycles. The second kappa shape index (κ2) is 6.43. The maximum Gasteiger partial charge on any atom is 0.223 e. The second-order valence-corrected chi connectivity index (χ2v) is 5.12. The van der Waals surface area contributed by atoms with E-state index in [9.17, 15) is 4.79 Å². The van der Waals surface area contributed by atoms with Crippen LogP contribution in [-0.2, 0) is 17.9 Å². The van der Waals surface area contributed by atoms with Crippen LogP contribution in [0, 0.1) is 0 Å². The molecule has 0 radical (unpaired) electrons. The monoisotopic (exact) mass is 285 g/mol. The van der Waals surface area contributed by atoms with E-state index < -0.39 is 0 Å². The minimum atomic E-state index is 0.181. The average molecular weight is 285 g/mol. The first kappa shape index (κ1) is 13.7. The second-order valence-electron chi connectivity index (χ2n) is 5.12. The van der Waals surface area contributed by atoms with Gasteiger partial charge in [0, 0.05) is 31.9 Å². The first-order valence-corrected chi connectivity index (χ1v) is 7.28. The van der Waals surface area contributed by atoms with E-state index in [2.05, 4.69) is 9.55 Å². The van der Waals surface area contributed by atoms with Crippen LogP contribution < -0.4 is 4.74 Å². The van der Waals surface area contributed by atoms with Crippen molar-refractivity contribution in [2.24, 2.45) is 0 Å². The molecule has 110 valence electrons. The number of amides is 1. The van der Waals surface area contributed by atoms with Crippen molar-refractivity contribution in [3.63, 3.8) is 0 Å². The minimum absolute atomic E-state index is 0.181. The molecule has 0 bridgehead atoms. The van der Waals surface area contributed by atoms with E-state index >= 15 is 0 Å². The molecule has 0 saturated carbocycles. The fraction of sp³-hybridized carbons (Fsp3) is 0.375. The number of rotatable bonds is 5. The maximum atomic E-state index is 12.2. The molecule has 1 aliphatic rings. The molecular weight excluding hydrogens is 266 g/mol. The van der Waals surface area contributed by atoms with Crippen LogP contribution >= 0.6 is 0 Å². The van der Waals surface area contributed by atoms with Crippen molar-refractivity contribution in [3.05, 3.63) is 48.5 Å². The number of carbonyl (C=O) groups excluding carboxylic acids is 1. The van der Waals surface area contributed by atoms with Gasteiger partial charge in [-0.15, -0.1) is 0 Å². The summed E-state index contributed by atoms with van der Waals surface area (Å²) in [7, 11) is 0. The van der Waals surface area contributed by atoms with E-state index in [0.717, 1.165) is 31.1 Å². The van der Waals surface area contributed by atoms with Crippen LogP contribution in [0.5, 0.6) is 5.75 Å². The Morgan fingerprint density at radius 3 is 2.95 bits per heavy atom. The van der Waals surface area contributed by atoms with Crippen LogP contribution in [0.15, 0.2) is 42.7 Å². The summed E-state index contributed by atoms with van der Waals surface area (Å²) in [4.78, 5) is 18.3. The smallest absolute Gasteiger partial charge is 0.223 e. The van der Waals surface area contributed by atoms with Gasteiger partial charge in [-0.25, -0.2) is 4.98 Å². The van der Waals surface area contributed by atoms with Gasteiger partial charge in [0.1, 0.15) is 11.6 Å². The number of imidazole rings is 1. The Morgan fingerprint density at radius 1 is 1.24 bits per heavy atom. The van der Waals surface area contributed by atoms with Crippen molar-refractivity contribution in [1.82, 2.24) is 14.5 Å². The minimum Gasteiger partial charge on any atom is -0.494 e. The van der Waals surface area contributed by atoms with Crippen molar-refractivity contribution in [2.45, 2.75) is 25.9 Å². The third kappa shape index (κ3) is 3.42. The molecule has 1 amide bonds. The number of nitrogens with zero attached hydrogens (tertiary/aromatic N) is 3. The number of carbonyl (C=O) groups is 1. The van der Waals surface area contributed by atoms with Gasteiger partial charge in [0.15, 0.2) is 0 Å². The number of hydrogen-bond acceptors (Lipinski definition) is 3.